The zero-order valence-corrected chi connectivity index (χ0v) is 13.4. The molecule has 0 aliphatic heterocycles. The van der Waals surface area contributed by atoms with Gasteiger partial charge in [-0.05, 0) is 57.3 Å². The maximum Gasteiger partial charge on any atom is 0.0247 e. The van der Waals surface area contributed by atoms with E-state index in [9.17, 15) is 0 Å². The lowest BCUT2D eigenvalue weighted by atomic mass is 9.83. The Bertz CT molecular complexity index is 399. The lowest BCUT2D eigenvalue weighted by Gasteiger charge is -2.39. The summed E-state index contributed by atoms with van der Waals surface area (Å²) in [5.41, 5.74) is 7.51. The van der Waals surface area contributed by atoms with Crippen LogP contribution in [0.5, 0.6) is 0 Å². The molecule has 0 saturated heterocycles. The predicted octanol–water partition coefficient (Wildman–Crippen LogP) is 3.70. The summed E-state index contributed by atoms with van der Waals surface area (Å²) in [7, 11) is 0. The molecule has 1 saturated carbocycles. The molecule has 0 aromatic carbocycles. The molecule has 1 aliphatic carbocycles. The molecule has 3 heteroatoms. The van der Waals surface area contributed by atoms with Crippen LogP contribution in [0.15, 0.2) is 6.07 Å². The molecule has 19 heavy (non-hydrogen) atoms. The molecule has 1 aliphatic rings. The fourth-order valence-corrected chi connectivity index (χ4v) is 4.41. The Morgan fingerprint density at radius 3 is 2.63 bits per heavy atom. The van der Waals surface area contributed by atoms with Crippen molar-refractivity contribution in [3.8, 4) is 0 Å². The maximum absolute atomic E-state index is 5.99. The second kappa shape index (κ2) is 6.87. The molecule has 1 aromatic heterocycles. The molecule has 2 atom stereocenters. The quantitative estimate of drug-likeness (QED) is 0.891. The molecule has 2 rings (SSSR count). The van der Waals surface area contributed by atoms with E-state index in [0.717, 1.165) is 19.6 Å². The van der Waals surface area contributed by atoms with Gasteiger partial charge in [-0.25, -0.2) is 0 Å². The molecule has 2 unspecified atom stereocenters. The van der Waals surface area contributed by atoms with Crippen LogP contribution in [-0.2, 0) is 6.54 Å². The number of nitrogens with zero attached hydrogens (tertiary/aromatic N) is 1. The van der Waals surface area contributed by atoms with E-state index in [1.807, 2.05) is 11.3 Å². The second-order valence-corrected chi connectivity index (χ2v) is 7.31. The lowest BCUT2D eigenvalue weighted by molar-refractivity contribution is 0.105. The van der Waals surface area contributed by atoms with Crippen molar-refractivity contribution in [3.05, 3.63) is 21.4 Å². The van der Waals surface area contributed by atoms with Gasteiger partial charge in [0.05, 0.1) is 0 Å². The molecule has 0 radical (unpaired) electrons. The number of hydrogen-bond donors (Lipinski definition) is 1. The van der Waals surface area contributed by atoms with Crippen LogP contribution in [0.2, 0.25) is 0 Å². The summed E-state index contributed by atoms with van der Waals surface area (Å²) in [5, 5.41) is 0. The van der Waals surface area contributed by atoms with E-state index < -0.39 is 0 Å². The third-order valence-corrected chi connectivity index (χ3v) is 5.57. The molecular formula is C16H28N2S. The Morgan fingerprint density at radius 2 is 2.05 bits per heavy atom. The van der Waals surface area contributed by atoms with Gasteiger partial charge >= 0.3 is 0 Å². The highest BCUT2D eigenvalue weighted by molar-refractivity contribution is 7.12. The summed E-state index contributed by atoms with van der Waals surface area (Å²) in [6.45, 7) is 9.84. The number of aryl methyl sites for hydroxylation is 2. The van der Waals surface area contributed by atoms with Crippen molar-refractivity contribution >= 4 is 11.3 Å². The summed E-state index contributed by atoms with van der Waals surface area (Å²) in [5.74, 6) is 0.703. The standard InChI is InChI=1S/C16H28N2S/c1-4-18(11-15-9-12(2)19-13(15)3)16-8-6-5-7-14(16)10-17/h9,14,16H,4-8,10-11,17H2,1-3H3. The minimum atomic E-state index is 0.698. The van der Waals surface area contributed by atoms with Crippen LogP contribution in [0, 0.1) is 19.8 Å². The van der Waals surface area contributed by atoms with Crippen molar-refractivity contribution in [1.29, 1.82) is 0 Å². The van der Waals surface area contributed by atoms with E-state index in [4.69, 9.17) is 5.73 Å². The van der Waals surface area contributed by atoms with Crippen LogP contribution in [0.1, 0.15) is 47.9 Å². The van der Waals surface area contributed by atoms with Gasteiger partial charge in [0, 0.05) is 22.3 Å². The van der Waals surface area contributed by atoms with Gasteiger partial charge in [0.2, 0.25) is 0 Å². The zero-order valence-electron chi connectivity index (χ0n) is 12.6. The highest BCUT2D eigenvalue weighted by atomic mass is 32.1. The topological polar surface area (TPSA) is 29.3 Å². The molecule has 2 nitrogen and oxygen atoms in total. The molecular weight excluding hydrogens is 252 g/mol. The molecule has 2 N–H and O–H groups in total. The smallest absolute Gasteiger partial charge is 0.0247 e. The van der Waals surface area contributed by atoms with Crippen LogP contribution in [0.3, 0.4) is 0 Å². The zero-order chi connectivity index (χ0) is 13.8. The van der Waals surface area contributed by atoms with E-state index >= 15 is 0 Å². The maximum atomic E-state index is 5.99. The van der Waals surface area contributed by atoms with Crippen LogP contribution in [0.4, 0.5) is 0 Å². The summed E-state index contributed by atoms with van der Waals surface area (Å²) >= 11 is 1.92. The Morgan fingerprint density at radius 1 is 1.32 bits per heavy atom. The summed E-state index contributed by atoms with van der Waals surface area (Å²) in [6, 6.07) is 3.06. The highest BCUT2D eigenvalue weighted by Crippen LogP contribution is 2.30. The molecule has 1 aromatic rings. The first-order valence-corrected chi connectivity index (χ1v) is 8.47. The molecule has 0 amide bonds. The monoisotopic (exact) mass is 280 g/mol. The van der Waals surface area contributed by atoms with Crippen molar-refractivity contribution in [2.75, 3.05) is 13.1 Å². The van der Waals surface area contributed by atoms with Gasteiger partial charge < -0.3 is 5.73 Å². The van der Waals surface area contributed by atoms with Gasteiger partial charge in [-0.1, -0.05) is 19.8 Å². The molecule has 0 bridgehead atoms. The van der Waals surface area contributed by atoms with Crippen LogP contribution in [-0.4, -0.2) is 24.0 Å². The number of thiophene rings is 1. The largest absolute Gasteiger partial charge is 0.330 e. The third-order valence-electron chi connectivity index (χ3n) is 4.56. The Hall–Kier alpha value is -0.380. The van der Waals surface area contributed by atoms with Gasteiger partial charge in [0.15, 0.2) is 0 Å². The Labute approximate surface area is 122 Å². The number of nitrogens with two attached hydrogens (primary N) is 1. The van der Waals surface area contributed by atoms with E-state index in [1.54, 1.807) is 0 Å². The lowest BCUT2D eigenvalue weighted by Crippen LogP contribution is -2.44. The van der Waals surface area contributed by atoms with E-state index in [0.29, 0.717) is 12.0 Å². The second-order valence-electron chi connectivity index (χ2n) is 5.85. The number of rotatable bonds is 5. The fraction of sp³-hybridized carbons (Fsp3) is 0.750. The minimum absolute atomic E-state index is 0.698. The molecule has 108 valence electrons. The van der Waals surface area contributed by atoms with Crippen molar-refractivity contribution in [2.24, 2.45) is 11.7 Å². The van der Waals surface area contributed by atoms with E-state index in [1.165, 1.54) is 41.0 Å². The number of hydrogen-bond acceptors (Lipinski definition) is 3. The fourth-order valence-electron chi connectivity index (χ4n) is 3.47. The summed E-state index contributed by atoms with van der Waals surface area (Å²) in [6.07, 6.45) is 5.39. The first-order chi connectivity index (χ1) is 9.15. The van der Waals surface area contributed by atoms with Crippen molar-refractivity contribution < 1.29 is 0 Å². The average molecular weight is 280 g/mol. The SMILES string of the molecule is CCN(Cc1cc(C)sc1C)C1CCCCC1CN. The summed E-state index contributed by atoms with van der Waals surface area (Å²) in [4.78, 5) is 5.57. The van der Waals surface area contributed by atoms with Gasteiger partial charge in [-0.3, -0.25) is 4.90 Å². The van der Waals surface area contributed by atoms with Gasteiger partial charge in [-0.15, -0.1) is 11.3 Å². The minimum Gasteiger partial charge on any atom is -0.330 e. The van der Waals surface area contributed by atoms with Crippen LogP contribution >= 0.6 is 11.3 Å². The first-order valence-electron chi connectivity index (χ1n) is 7.65. The Balaban J connectivity index is 2.08. The Kier molecular flexibility index (Phi) is 5.43. The van der Waals surface area contributed by atoms with Crippen LogP contribution < -0.4 is 5.73 Å². The first kappa shape index (κ1) is 15.0. The normalized spacial score (nSPS) is 24.1. The molecule has 1 fully saturated rings. The van der Waals surface area contributed by atoms with Gasteiger partial charge in [0.25, 0.3) is 0 Å². The van der Waals surface area contributed by atoms with Crippen LogP contribution in [0.25, 0.3) is 0 Å². The average Bonchev–Trinajstić information content (AvgIpc) is 2.74. The summed E-state index contributed by atoms with van der Waals surface area (Å²) < 4.78 is 0. The van der Waals surface area contributed by atoms with Crippen molar-refractivity contribution in [2.45, 2.75) is 59.0 Å². The third kappa shape index (κ3) is 3.59. The van der Waals surface area contributed by atoms with E-state index in [-0.39, 0.29) is 0 Å². The van der Waals surface area contributed by atoms with Gasteiger partial charge in [0.1, 0.15) is 0 Å². The van der Waals surface area contributed by atoms with Crippen molar-refractivity contribution in [1.82, 2.24) is 4.90 Å². The van der Waals surface area contributed by atoms with Gasteiger partial charge in [-0.2, -0.15) is 0 Å². The molecule has 0 spiro atoms. The highest BCUT2D eigenvalue weighted by Gasteiger charge is 2.28. The molecule has 1 heterocycles. The van der Waals surface area contributed by atoms with Crippen molar-refractivity contribution in [3.63, 3.8) is 0 Å². The predicted molar refractivity (Wildman–Crippen MR) is 84.7 cm³/mol. The van der Waals surface area contributed by atoms with E-state index in [2.05, 4.69) is 31.7 Å².